The molecule has 6 nitrogen and oxygen atoms in total. The van der Waals surface area contributed by atoms with Crippen molar-refractivity contribution in [2.75, 3.05) is 18.4 Å². The minimum Gasteiger partial charge on any atom is -0.392 e. The molecule has 2 aliphatic carbocycles. The average molecular weight is 442 g/mol. The number of carbonyl (C=O) groups is 1. The molecule has 2 aromatic carbocycles. The molecule has 6 rings (SSSR count). The lowest BCUT2D eigenvalue weighted by Gasteiger charge is -2.39. The number of fused-ring (bicyclic) bond motifs is 2. The van der Waals surface area contributed by atoms with Crippen molar-refractivity contribution in [1.29, 1.82) is 0 Å². The van der Waals surface area contributed by atoms with E-state index in [-0.39, 0.29) is 18.4 Å². The minimum absolute atomic E-state index is 0.00371. The smallest absolute Gasteiger partial charge is 0.177 e. The van der Waals surface area contributed by atoms with Crippen LogP contribution in [0.15, 0.2) is 64.8 Å². The highest BCUT2D eigenvalue weighted by atomic mass is 16.5. The van der Waals surface area contributed by atoms with Gasteiger partial charge in [-0.2, -0.15) is 0 Å². The third kappa shape index (κ3) is 3.33. The van der Waals surface area contributed by atoms with E-state index in [1.54, 1.807) is 0 Å². The molecule has 0 saturated carbocycles. The quantitative estimate of drug-likeness (QED) is 0.600. The van der Waals surface area contributed by atoms with Crippen LogP contribution in [0.3, 0.4) is 0 Å². The maximum Gasteiger partial charge on any atom is 0.177 e. The number of piperidine rings is 1. The molecule has 2 N–H and O–H groups in total. The van der Waals surface area contributed by atoms with Crippen LogP contribution in [0.4, 0.5) is 5.69 Å². The molecule has 1 fully saturated rings. The Labute approximate surface area is 192 Å². The number of aromatic nitrogens is 1. The highest BCUT2D eigenvalue weighted by Crippen LogP contribution is 2.50. The van der Waals surface area contributed by atoms with Crippen molar-refractivity contribution in [3.8, 4) is 11.3 Å². The van der Waals surface area contributed by atoms with Gasteiger partial charge in [0.2, 0.25) is 0 Å². The number of nitrogens with zero attached hydrogens (tertiary/aromatic N) is 2. The topological polar surface area (TPSA) is 78.6 Å². The summed E-state index contributed by atoms with van der Waals surface area (Å²) >= 11 is 0. The Hall–Kier alpha value is -3.22. The Morgan fingerprint density at radius 3 is 2.55 bits per heavy atom. The summed E-state index contributed by atoms with van der Waals surface area (Å²) in [5.41, 5.74) is 5.88. The van der Waals surface area contributed by atoms with Crippen molar-refractivity contribution >= 4 is 11.5 Å². The van der Waals surface area contributed by atoms with Crippen LogP contribution in [-0.2, 0) is 6.61 Å². The summed E-state index contributed by atoms with van der Waals surface area (Å²) in [7, 11) is 0. The largest absolute Gasteiger partial charge is 0.392 e. The molecule has 0 amide bonds. The number of hydrogen-bond donors (Lipinski definition) is 2. The fraction of sp³-hybridized carbons (Fsp3) is 0.333. The van der Waals surface area contributed by atoms with Crippen LogP contribution in [0.1, 0.15) is 58.9 Å². The molecule has 2 unspecified atom stereocenters. The van der Waals surface area contributed by atoms with E-state index in [4.69, 9.17) is 4.52 Å². The summed E-state index contributed by atoms with van der Waals surface area (Å²) in [6.07, 6.45) is 4.48. The minimum atomic E-state index is -0.464. The van der Waals surface area contributed by atoms with Gasteiger partial charge in [0.05, 0.1) is 18.6 Å². The summed E-state index contributed by atoms with van der Waals surface area (Å²) < 4.78 is 5.92. The predicted octanol–water partition coefficient (Wildman–Crippen LogP) is 4.90. The third-order valence-corrected chi connectivity index (χ3v) is 7.31. The van der Waals surface area contributed by atoms with Crippen molar-refractivity contribution in [1.82, 2.24) is 10.1 Å². The van der Waals surface area contributed by atoms with E-state index in [0.29, 0.717) is 11.3 Å². The van der Waals surface area contributed by atoms with Crippen LogP contribution in [0.25, 0.3) is 11.3 Å². The van der Waals surface area contributed by atoms with Crippen molar-refractivity contribution in [3.05, 3.63) is 82.7 Å². The lowest BCUT2D eigenvalue weighted by molar-refractivity contribution is 0.0966. The molecule has 1 aliphatic heterocycles. The van der Waals surface area contributed by atoms with E-state index in [1.165, 1.54) is 0 Å². The van der Waals surface area contributed by atoms with E-state index in [1.807, 2.05) is 48.5 Å². The molecule has 0 spiro atoms. The fourth-order valence-corrected chi connectivity index (χ4v) is 5.38. The van der Waals surface area contributed by atoms with Crippen molar-refractivity contribution in [2.45, 2.75) is 38.3 Å². The van der Waals surface area contributed by atoms with Gasteiger partial charge in [0.15, 0.2) is 11.5 Å². The third-order valence-electron chi connectivity index (χ3n) is 7.31. The predicted molar refractivity (Wildman–Crippen MR) is 126 cm³/mol. The molecule has 3 aliphatic rings. The number of likely N-dealkylation sites (tertiary alicyclic amines) is 1. The molecule has 1 aromatic heterocycles. The molecule has 33 heavy (non-hydrogen) atoms. The first-order valence-electron chi connectivity index (χ1n) is 11.7. The molecule has 168 valence electrons. The number of Topliss-reactive ketones (excluding diaryl/α,β-unsaturated/α-hetero) is 1. The zero-order valence-corrected chi connectivity index (χ0v) is 18.6. The normalized spacial score (nSPS) is 22.5. The van der Waals surface area contributed by atoms with Gasteiger partial charge in [-0.25, -0.2) is 0 Å². The van der Waals surface area contributed by atoms with E-state index < -0.39 is 5.92 Å². The van der Waals surface area contributed by atoms with Gasteiger partial charge in [-0.15, -0.1) is 0 Å². The molecule has 2 atom stereocenters. The Morgan fingerprint density at radius 1 is 1.09 bits per heavy atom. The number of rotatable bonds is 4. The highest BCUT2D eigenvalue weighted by molar-refractivity contribution is 6.11. The summed E-state index contributed by atoms with van der Waals surface area (Å²) in [5, 5.41) is 17.4. The Kier molecular flexibility index (Phi) is 4.93. The van der Waals surface area contributed by atoms with E-state index >= 15 is 0 Å². The SMILES string of the molecule is CC1CCN(C2C=C(Nc3ccc(CO)cc3)C3C(=O)c4ccccc4-c4onc2c43)CC1. The summed E-state index contributed by atoms with van der Waals surface area (Å²) in [4.78, 5) is 16.2. The highest BCUT2D eigenvalue weighted by Gasteiger charge is 2.45. The first kappa shape index (κ1) is 20.4. The van der Waals surface area contributed by atoms with Crippen molar-refractivity contribution < 1.29 is 14.4 Å². The lowest BCUT2D eigenvalue weighted by Crippen LogP contribution is -2.39. The summed E-state index contributed by atoms with van der Waals surface area (Å²) in [6, 6.07) is 15.3. The summed E-state index contributed by atoms with van der Waals surface area (Å²) in [5.74, 6) is 1.04. The first-order valence-corrected chi connectivity index (χ1v) is 11.7. The van der Waals surface area contributed by atoms with Crippen LogP contribution in [0.5, 0.6) is 0 Å². The number of nitrogens with one attached hydrogen (secondary N) is 1. The first-order chi connectivity index (χ1) is 16.1. The molecule has 3 aromatic rings. The molecule has 0 radical (unpaired) electrons. The molecule has 1 saturated heterocycles. The van der Waals surface area contributed by atoms with Gasteiger partial charge in [-0.3, -0.25) is 9.69 Å². The van der Waals surface area contributed by atoms with E-state index in [0.717, 1.165) is 65.6 Å². The molecular weight excluding hydrogens is 414 g/mol. The van der Waals surface area contributed by atoms with Gasteiger partial charge in [-0.1, -0.05) is 48.5 Å². The number of anilines is 1. The Balaban J connectivity index is 1.46. The van der Waals surface area contributed by atoms with Gasteiger partial charge >= 0.3 is 0 Å². The number of hydrogen-bond acceptors (Lipinski definition) is 6. The van der Waals surface area contributed by atoms with E-state index in [2.05, 4.69) is 28.4 Å². The van der Waals surface area contributed by atoms with Gasteiger partial charge in [-0.05, 0) is 55.6 Å². The van der Waals surface area contributed by atoms with Crippen molar-refractivity contribution in [2.24, 2.45) is 5.92 Å². The van der Waals surface area contributed by atoms with Crippen LogP contribution in [0, 0.1) is 5.92 Å². The Bertz CT molecular complexity index is 1240. The second-order valence-electron chi connectivity index (χ2n) is 9.42. The van der Waals surface area contributed by atoms with Crippen LogP contribution < -0.4 is 5.32 Å². The second-order valence-corrected chi connectivity index (χ2v) is 9.42. The molecule has 6 heteroatoms. The monoisotopic (exact) mass is 441 g/mol. The van der Waals surface area contributed by atoms with Crippen LogP contribution in [0.2, 0.25) is 0 Å². The standard InChI is InChI=1S/C27H27N3O3/c1-16-10-12-30(13-11-16)22-14-21(28-18-8-6-17(15-31)7-9-18)23-24-25(22)29-33-27(24)20-5-3-2-4-19(20)26(23)32/h2-9,14,16,22-23,28,31H,10-13,15H2,1H3. The van der Waals surface area contributed by atoms with Crippen LogP contribution >= 0.6 is 0 Å². The van der Waals surface area contributed by atoms with Gasteiger partial charge in [0, 0.05) is 28.1 Å². The number of allylic oxidation sites excluding steroid dienone is 1. The fourth-order valence-electron chi connectivity index (χ4n) is 5.38. The van der Waals surface area contributed by atoms with Gasteiger partial charge in [0.25, 0.3) is 0 Å². The number of carbonyl (C=O) groups excluding carboxylic acids is 1. The lowest BCUT2D eigenvalue weighted by atomic mass is 9.74. The zero-order valence-electron chi connectivity index (χ0n) is 18.6. The van der Waals surface area contributed by atoms with Crippen LogP contribution in [-0.4, -0.2) is 34.0 Å². The maximum atomic E-state index is 13.7. The Morgan fingerprint density at radius 2 is 1.82 bits per heavy atom. The molecular formula is C27H27N3O3. The molecule has 2 heterocycles. The van der Waals surface area contributed by atoms with Gasteiger partial charge in [0.1, 0.15) is 5.69 Å². The molecule has 0 bridgehead atoms. The maximum absolute atomic E-state index is 13.7. The number of benzene rings is 2. The van der Waals surface area contributed by atoms with E-state index in [9.17, 15) is 9.90 Å². The zero-order chi connectivity index (χ0) is 22.5. The van der Waals surface area contributed by atoms with Crippen molar-refractivity contribution in [3.63, 3.8) is 0 Å². The average Bonchev–Trinajstić information content (AvgIpc) is 3.29. The number of ketones is 1. The summed E-state index contributed by atoms with van der Waals surface area (Å²) in [6.45, 7) is 4.31. The number of aliphatic hydroxyl groups is 1. The second kappa shape index (κ2) is 7.97. The van der Waals surface area contributed by atoms with Gasteiger partial charge < -0.3 is 14.9 Å². The number of aliphatic hydroxyl groups excluding tert-OH is 1.